The molecule has 8 heteroatoms. The Balaban J connectivity index is 0.00000208. The van der Waals surface area contributed by atoms with Crippen LogP contribution in [0.2, 0.25) is 0 Å². The van der Waals surface area contributed by atoms with Gasteiger partial charge in [0.1, 0.15) is 0 Å². The number of rotatable bonds is 5. The number of hydrogen-bond acceptors (Lipinski definition) is 4. The fourth-order valence-electron chi connectivity index (χ4n) is 3.27. The van der Waals surface area contributed by atoms with Gasteiger partial charge in [-0.2, -0.15) is 0 Å². The second-order valence-corrected chi connectivity index (χ2v) is 5.94. The van der Waals surface area contributed by atoms with E-state index in [1.54, 1.807) is 18.2 Å². The van der Waals surface area contributed by atoms with Crippen LogP contribution in [0, 0.1) is 10.1 Å². The van der Waals surface area contributed by atoms with E-state index in [4.69, 9.17) is 4.74 Å². The first-order valence-electron chi connectivity index (χ1n) is 8.10. The fourth-order valence-corrected chi connectivity index (χ4v) is 3.27. The summed E-state index contributed by atoms with van der Waals surface area (Å²) in [6.45, 7) is 3.01. The van der Waals surface area contributed by atoms with E-state index in [1.165, 1.54) is 6.07 Å². The number of nitro benzene ring substituents is 1. The number of aliphatic imine (C=N–C) groups is 1. The molecule has 1 aromatic carbocycles. The Morgan fingerprint density at radius 1 is 1.42 bits per heavy atom. The van der Waals surface area contributed by atoms with Gasteiger partial charge in [-0.05, 0) is 26.2 Å². The monoisotopic (exact) mass is 446 g/mol. The molecule has 3 rings (SSSR count). The highest BCUT2D eigenvalue weighted by molar-refractivity contribution is 14.0. The van der Waals surface area contributed by atoms with Crippen LogP contribution in [0.5, 0.6) is 0 Å². The molecule has 2 N–H and O–H groups in total. The number of nitrogens with zero attached hydrogens (tertiary/aromatic N) is 2. The minimum Gasteiger partial charge on any atom is -0.373 e. The fraction of sp³-hybridized carbons (Fsp3) is 0.562. The smallest absolute Gasteiger partial charge is 0.274 e. The molecule has 0 amide bonds. The van der Waals surface area contributed by atoms with Crippen molar-refractivity contribution in [2.75, 3.05) is 6.54 Å². The number of guanidine groups is 1. The lowest BCUT2D eigenvalue weighted by atomic mass is 9.96. The van der Waals surface area contributed by atoms with Gasteiger partial charge in [0.2, 0.25) is 0 Å². The van der Waals surface area contributed by atoms with Gasteiger partial charge in [0, 0.05) is 12.6 Å². The molecule has 2 aliphatic heterocycles. The summed E-state index contributed by atoms with van der Waals surface area (Å²) in [5.74, 6) is 0.687. The number of hydrogen-bond donors (Lipinski definition) is 2. The maximum absolute atomic E-state index is 11.1. The van der Waals surface area contributed by atoms with Crippen molar-refractivity contribution < 1.29 is 9.66 Å². The standard InChI is InChI=1S/C16H22N4O3.HI/c1-2-17-16(19-13-9-12-7-8-15(13)23-12)18-10-11-5-3-4-6-14(11)20(21)22;/h3-6,12-13,15H,2,7-10H2,1H3,(H2,17,18,19);1H. The van der Waals surface area contributed by atoms with Crippen molar-refractivity contribution >= 4 is 35.6 Å². The lowest BCUT2D eigenvalue weighted by Crippen LogP contribution is -2.47. The van der Waals surface area contributed by atoms with Crippen LogP contribution in [0.25, 0.3) is 0 Å². The van der Waals surface area contributed by atoms with E-state index in [-0.39, 0.29) is 53.3 Å². The van der Waals surface area contributed by atoms with Gasteiger partial charge in [0.05, 0.1) is 35.3 Å². The Kier molecular flexibility index (Phi) is 6.79. The van der Waals surface area contributed by atoms with Crippen LogP contribution >= 0.6 is 24.0 Å². The van der Waals surface area contributed by atoms with Crippen LogP contribution in [0.3, 0.4) is 0 Å². The predicted molar refractivity (Wildman–Crippen MR) is 103 cm³/mol. The van der Waals surface area contributed by atoms with Gasteiger partial charge >= 0.3 is 0 Å². The Hall–Kier alpha value is -1.42. The highest BCUT2D eigenvalue weighted by atomic mass is 127. The Morgan fingerprint density at radius 2 is 2.21 bits per heavy atom. The molecule has 7 nitrogen and oxygen atoms in total. The average Bonchev–Trinajstić information content (AvgIpc) is 3.16. The maximum atomic E-state index is 11.1. The van der Waals surface area contributed by atoms with Crippen LogP contribution in [0.1, 0.15) is 31.7 Å². The molecule has 2 heterocycles. The number of benzene rings is 1. The number of halogens is 1. The number of nitrogens with one attached hydrogen (secondary N) is 2. The molecule has 0 spiro atoms. The third-order valence-corrected chi connectivity index (χ3v) is 4.37. The second-order valence-electron chi connectivity index (χ2n) is 5.94. The molecular formula is C16H23IN4O3. The van der Waals surface area contributed by atoms with Crippen molar-refractivity contribution in [2.45, 2.75) is 51.0 Å². The highest BCUT2D eigenvalue weighted by Gasteiger charge is 2.41. The van der Waals surface area contributed by atoms with Crippen molar-refractivity contribution in [3.05, 3.63) is 39.9 Å². The van der Waals surface area contributed by atoms with E-state index < -0.39 is 0 Å². The largest absolute Gasteiger partial charge is 0.373 e. The molecule has 2 saturated heterocycles. The molecule has 1 aromatic rings. The van der Waals surface area contributed by atoms with Gasteiger partial charge in [-0.1, -0.05) is 18.2 Å². The molecule has 0 aliphatic carbocycles. The summed E-state index contributed by atoms with van der Waals surface area (Å²) in [6.07, 6.45) is 3.87. The molecular weight excluding hydrogens is 423 g/mol. The van der Waals surface area contributed by atoms with Gasteiger partial charge < -0.3 is 15.4 Å². The number of para-hydroxylation sites is 1. The maximum Gasteiger partial charge on any atom is 0.274 e. The van der Waals surface area contributed by atoms with Gasteiger partial charge in [-0.25, -0.2) is 4.99 Å². The van der Waals surface area contributed by atoms with Crippen molar-refractivity contribution in [3.8, 4) is 0 Å². The van der Waals surface area contributed by atoms with Crippen molar-refractivity contribution in [1.29, 1.82) is 0 Å². The van der Waals surface area contributed by atoms with Crippen LogP contribution in [0.15, 0.2) is 29.3 Å². The zero-order valence-electron chi connectivity index (χ0n) is 13.6. The minimum absolute atomic E-state index is 0. The number of nitro groups is 1. The first-order valence-corrected chi connectivity index (χ1v) is 8.10. The van der Waals surface area contributed by atoms with E-state index in [2.05, 4.69) is 15.6 Å². The third-order valence-electron chi connectivity index (χ3n) is 4.37. The average molecular weight is 446 g/mol. The summed E-state index contributed by atoms with van der Waals surface area (Å²) in [4.78, 5) is 15.2. The molecule has 2 fully saturated rings. The Morgan fingerprint density at radius 3 is 2.83 bits per heavy atom. The lowest BCUT2D eigenvalue weighted by molar-refractivity contribution is -0.385. The van der Waals surface area contributed by atoms with Gasteiger partial charge in [-0.15, -0.1) is 24.0 Å². The quantitative estimate of drug-likeness (QED) is 0.239. The van der Waals surface area contributed by atoms with Gasteiger partial charge in [0.15, 0.2) is 5.96 Å². The third kappa shape index (κ3) is 4.35. The number of fused-ring (bicyclic) bond motifs is 2. The van der Waals surface area contributed by atoms with E-state index in [9.17, 15) is 10.1 Å². The molecule has 2 aliphatic rings. The first kappa shape index (κ1) is 18.9. The summed E-state index contributed by atoms with van der Waals surface area (Å²) >= 11 is 0. The van der Waals surface area contributed by atoms with E-state index in [0.717, 1.165) is 25.8 Å². The topological polar surface area (TPSA) is 88.8 Å². The normalized spacial score (nSPS) is 25.2. The van der Waals surface area contributed by atoms with Gasteiger partial charge in [0.25, 0.3) is 5.69 Å². The first-order chi connectivity index (χ1) is 11.2. The highest BCUT2D eigenvalue weighted by Crippen LogP contribution is 2.34. The number of ether oxygens (including phenoxy) is 1. The predicted octanol–water partition coefficient (Wildman–Crippen LogP) is 2.59. The second kappa shape index (κ2) is 8.61. The van der Waals surface area contributed by atoms with E-state index in [1.807, 2.05) is 6.92 Å². The molecule has 3 unspecified atom stereocenters. The lowest BCUT2D eigenvalue weighted by Gasteiger charge is -2.22. The molecule has 3 atom stereocenters. The molecule has 2 bridgehead atoms. The summed E-state index contributed by atoms with van der Waals surface area (Å²) in [5, 5.41) is 17.7. The van der Waals surface area contributed by atoms with Crippen LogP contribution in [-0.2, 0) is 11.3 Å². The van der Waals surface area contributed by atoms with Crippen LogP contribution in [-0.4, -0.2) is 35.7 Å². The zero-order valence-corrected chi connectivity index (χ0v) is 15.9. The van der Waals surface area contributed by atoms with Crippen molar-refractivity contribution in [2.24, 2.45) is 4.99 Å². The summed E-state index contributed by atoms with van der Waals surface area (Å²) in [5.41, 5.74) is 0.717. The van der Waals surface area contributed by atoms with Crippen molar-refractivity contribution in [3.63, 3.8) is 0 Å². The zero-order chi connectivity index (χ0) is 16.2. The molecule has 0 aromatic heterocycles. The Bertz CT molecular complexity index is 611. The van der Waals surface area contributed by atoms with Crippen LogP contribution < -0.4 is 10.6 Å². The molecule has 24 heavy (non-hydrogen) atoms. The van der Waals surface area contributed by atoms with Gasteiger partial charge in [-0.3, -0.25) is 10.1 Å². The van der Waals surface area contributed by atoms with E-state index >= 15 is 0 Å². The SMILES string of the molecule is CCNC(=NCc1ccccc1[N+](=O)[O-])NC1CC2CCC1O2.I. The van der Waals surface area contributed by atoms with E-state index in [0.29, 0.717) is 17.6 Å². The van der Waals surface area contributed by atoms with Crippen molar-refractivity contribution in [1.82, 2.24) is 10.6 Å². The molecule has 132 valence electrons. The Labute approximate surface area is 158 Å². The minimum atomic E-state index is -0.366. The molecule has 0 saturated carbocycles. The molecule has 0 radical (unpaired) electrons. The van der Waals surface area contributed by atoms with Crippen LogP contribution in [0.4, 0.5) is 5.69 Å². The summed E-state index contributed by atoms with van der Waals surface area (Å²) in [7, 11) is 0. The summed E-state index contributed by atoms with van der Waals surface area (Å²) < 4.78 is 5.84. The summed E-state index contributed by atoms with van der Waals surface area (Å²) in [6, 6.07) is 6.99.